The highest BCUT2D eigenvalue weighted by atomic mass is 16.3. The van der Waals surface area contributed by atoms with Crippen LogP contribution in [0.25, 0.3) is 0 Å². The summed E-state index contributed by atoms with van der Waals surface area (Å²) in [5, 5.41) is 10.7. The molecule has 0 spiro atoms. The van der Waals surface area contributed by atoms with E-state index in [-0.39, 0.29) is 0 Å². The number of nitrogens with one attached hydrogen (secondary N) is 1. The Morgan fingerprint density at radius 1 is 1.71 bits per heavy atom. The third kappa shape index (κ3) is 5.92. The molecule has 0 aromatic heterocycles. The fraction of sp³-hybridized carbons (Fsp3) is 0.800. The van der Waals surface area contributed by atoms with Gasteiger partial charge >= 0.3 is 0 Å². The van der Waals surface area contributed by atoms with Crippen LogP contribution in [0.4, 0.5) is 0 Å². The van der Waals surface area contributed by atoms with Crippen LogP contribution in [0.2, 0.25) is 0 Å². The molecule has 0 bridgehead atoms. The summed E-state index contributed by atoms with van der Waals surface area (Å²) in [6.45, 7) is 3.97. The molecule has 0 aliphatic carbocycles. The molecule has 0 rings (SSSR count). The Morgan fingerprint density at radius 2 is 2.43 bits per heavy atom. The molecule has 43 valence electrons. The molecule has 0 amide bonds. The summed E-state index contributed by atoms with van der Waals surface area (Å²) in [5.74, 6) is 0. The third-order valence-corrected chi connectivity index (χ3v) is 0.766. The maximum absolute atomic E-state index is 8.06. The molecule has 2 N–H and O–H groups in total. The highest BCUT2D eigenvalue weighted by molar-refractivity contribution is 4.44. The van der Waals surface area contributed by atoms with Crippen molar-refractivity contribution in [1.82, 2.24) is 5.32 Å². The zero-order valence-corrected chi connectivity index (χ0v) is 4.65. The van der Waals surface area contributed by atoms with E-state index in [4.69, 9.17) is 5.11 Å². The van der Waals surface area contributed by atoms with Crippen molar-refractivity contribution in [2.24, 2.45) is 0 Å². The van der Waals surface area contributed by atoms with Crippen LogP contribution in [0.1, 0.15) is 19.8 Å². The van der Waals surface area contributed by atoms with E-state index in [2.05, 4.69) is 12.2 Å². The second-order valence-electron chi connectivity index (χ2n) is 1.44. The van der Waals surface area contributed by atoms with Gasteiger partial charge in [0.25, 0.3) is 0 Å². The van der Waals surface area contributed by atoms with Gasteiger partial charge in [-0.15, -0.1) is 0 Å². The van der Waals surface area contributed by atoms with Crippen LogP contribution in [0, 0.1) is 6.73 Å². The molecule has 0 atom stereocenters. The monoisotopic (exact) mass is 102 g/mol. The summed E-state index contributed by atoms with van der Waals surface area (Å²) < 4.78 is 0. The average Bonchev–Trinajstić information content (AvgIpc) is 1.69. The lowest BCUT2D eigenvalue weighted by Crippen LogP contribution is -2.10. The second kappa shape index (κ2) is 5.92. The Labute approximate surface area is 44.5 Å². The van der Waals surface area contributed by atoms with Gasteiger partial charge in [-0.3, -0.25) is 5.32 Å². The fourth-order valence-electron chi connectivity index (χ4n) is 0.343. The van der Waals surface area contributed by atoms with Crippen molar-refractivity contribution in [3.8, 4) is 0 Å². The molecule has 0 aromatic rings. The minimum absolute atomic E-state index is 0.882. The van der Waals surface area contributed by atoms with E-state index in [0.717, 1.165) is 19.7 Å². The van der Waals surface area contributed by atoms with Crippen molar-refractivity contribution in [3.63, 3.8) is 0 Å². The first kappa shape index (κ1) is 6.92. The van der Waals surface area contributed by atoms with E-state index in [0.29, 0.717) is 0 Å². The third-order valence-electron chi connectivity index (χ3n) is 0.766. The van der Waals surface area contributed by atoms with E-state index in [1.807, 2.05) is 0 Å². The molecule has 0 unspecified atom stereocenters. The van der Waals surface area contributed by atoms with E-state index < -0.39 is 0 Å². The van der Waals surface area contributed by atoms with Crippen molar-refractivity contribution in [2.75, 3.05) is 6.54 Å². The summed E-state index contributed by atoms with van der Waals surface area (Å²) in [5.41, 5.74) is 0. The van der Waals surface area contributed by atoms with Gasteiger partial charge in [0.2, 0.25) is 0 Å². The van der Waals surface area contributed by atoms with Crippen molar-refractivity contribution in [3.05, 3.63) is 6.73 Å². The van der Waals surface area contributed by atoms with Crippen molar-refractivity contribution >= 4 is 0 Å². The Morgan fingerprint density at radius 3 is 2.86 bits per heavy atom. The van der Waals surface area contributed by atoms with E-state index >= 15 is 0 Å². The maximum atomic E-state index is 8.06. The average molecular weight is 102 g/mol. The smallest absolute Gasteiger partial charge is 0.144 e. The van der Waals surface area contributed by atoms with Crippen LogP contribution in [-0.2, 0) is 0 Å². The van der Waals surface area contributed by atoms with E-state index in [1.165, 1.54) is 6.42 Å². The summed E-state index contributed by atoms with van der Waals surface area (Å²) in [4.78, 5) is 0. The highest BCUT2D eigenvalue weighted by Crippen LogP contribution is 1.80. The first-order chi connectivity index (χ1) is 3.41. The van der Waals surface area contributed by atoms with Gasteiger partial charge < -0.3 is 5.11 Å². The fourth-order valence-corrected chi connectivity index (χ4v) is 0.343. The first-order valence-corrected chi connectivity index (χ1v) is 2.61. The molecule has 0 aromatic carbocycles. The SMILES string of the molecule is CCCCN[CH]O. The molecule has 0 saturated carbocycles. The van der Waals surface area contributed by atoms with Crippen molar-refractivity contribution < 1.29 is 5.11 Å². The van der Waals surface area contributed by atoms with Crippen molar-refractivity contribution in [1.29, 1.82) is 0 Å². The van der Waals surface area contributed by atoms with Crippen LogP contribution in [-0.4, -0.2) is 11.7 Å². The molecule has 0 heterocycles. The summed E-state index contributed by atoms with van der Waals surface area (Å²) in [6.07, 6.45) is 2.29. The Bertz CT molecular complexity index is 27.3. The zero-order valence-electron chi connectivity index (χ0n) is 4.65. The van der Waals surface area contributed by atoms with E-state index in [9.17, 15) is 0 Å². The maximum Gasteiger partial charge on any atom is 0.144 e. The minimum atomic E-state index is 0.882. The molecule has 0 fully saturated rings. The Hall–Kier alpha value is -0.0800. The standard InChI is InChI=1S/C5H12NO/c1-2-3-4-6-5-7/h5-7H,2-4H2,1H3. The molecule has 0 aliphatic rings. The van der Waals surface area contributed by atoms with Gasteiger partial charge in [0.15, 0.2) is 0 Å². The van der Waals surface area contributed by atoms with Crippen molar-refractivity contribution in [2.45, 2.75) is 19.8 Å². The highest BCUT2D eigenvalue weighted by Gasteiger charge is 1.78. The number of aliphatic hydroxyl groups excluding tert-OH is 1. The number of rotatable bonds is 4. The lowest BCUT2D eigenvalue weighted by atomic mass is 10.3. The molecule has 2 nitrogen and oxygen atoms in total. The van der Waals surface area contributed by atoms with Gasteiger partial charge in [-0.2, -0.15) is 0 Å². The molecular formula is C5H12NO. The normalized spacial score (nSPS) is 9.43. The van der Waals surface area contributed by atoms with Crippen LogP contribution in [0.3, 0.4) is 0 Å². The molecule has 7 heavy (non-hydrogen) atoms. The van der Waals surface area contributed by atoms with Gasteiger partial charge in [-0.1, -0.05) is 13.3 Å². The Balaban J connectivity index is 2.45. The van der Waals surface area contributed by atoms with Gasteiger partial charge in [0.05, 0.1) is 0 Å². The number of aliphatic hydroxyl groups is 1. The largest absolute Gasteiger partial charge is 0.374 e. The lowest BCUT2D eigenvalue weighted by Gasteiger charge is -1.93. The number of hydrogen-bond donors (Lipinski definition) is 2. The molecule has 1 radical (unpaired) electrons. The number of unbranched alkanes of at least 4 members (excludes halogenated alkanes) is 1. The Kier molecular flexibility index (Phi) is 5.85. The zero-order chi connectivity index (χ0) is 5.54. The first-order valence-electron chi connectivity index (χ1n) is 2.61. The van der Waals surface area contributed by atoms with Crippen LogP contribution in [0.15, 0.2) is 0 Å². The predicted octanol–water partition coefficient (Wildman–Crippen LogP) is 0.868. The van der Waals surface area contributed by atoms with Gasteiger partial charge in [0, 0.05) is 0 Å². The van der Waals surface area contributed by atoms with E-state index in [1.54, 1.807) is 0 Å². The van der Waals surface area contributed by atoms with Crippen LogP contribution in [0.5, 0.6) is 0 Å². The summed E-state index contributed by atoms with van der Waals surface area (Å²) >= 11 is 0. The second-order valence-corrected chi connectivity index (χ2v) is 1.44. The quantitative estimate of drug-likeness (QED) is 0.516. The predicted molar refractivity (Wildman–Crippen MR) is 29.1 cm³/mol. The molecular weight excluding hydrogens is 90.1 g/mol. The van der Waals surface area contributed by atoms with Crippen LogP contribution >= 0.6 is 0 Å². The molecule has 0 aliphatic heterocycles. The van der Waals surface area contributed by atoms with Gasteiger partial charge in [0.1, 0.15) is 6.73 Å². The summed E-state index contributed by atoms with van der Waals surface area (Å²) in [6, 6.07) is 0. The van der Waals surface area contributed by atoms with Gasteiger partial charge in [-0.05, 0) is 13.0 Å². The molecule has 0 saturated heterocycles. The summed E-state index contributed by atoms with van der Waals surface area (Å²) in [7, 11) is 0. The van der Waals surface area contributed by atoms with Crippen LogP contribution < -0.4 is 5.32 Å². The van der Waals surface area contributed by atoms with Gasteiger partial charge in [-0.25, -0.2) is 0 Å². The minimum Gasteiger partial charge on any atom is -0.374 e. The topological polar surface area (TPSA) is 32.3 Å². The number of hydrogen-bond acceptors (Lipinski definition) is 2. The molecule has 2 heteroatoms. The lowest BCUT2D eigenvalue weighted by molar-refractivity contribution is 0.348.